The first-order valence-electron chi connectivity index (χ1n) is 4.82. The molecule has 0 aromatic heterocycles. The minimum absolute atomic E-state index is 0.0502. The van der Waals surface area contributed by atoms with E-state index in [-0.39, 0.29) is 18.1 Å². The molecule has 1 rings (SSSR count). The maximum absolute atomic E-state index is 13.1. The Balaban J connectivity index is 2.59. The van der Waals surface area contributed by atoms with Crippen LogP contribution in [0.2, 0.25) is 0 Å². The quantitative estimate of drug-likeness (QED) is 0.766. The Hall–Kier alpha value is -1.38. The largest absolute Gasteiger partial charge is 0.483 e. The fraction of sp³-hybridized carbons (Fsp3) is 0.417. The predicted octanol–water partition coefficient (Wildman–Crippen LogP) is 2.82. The molecule has 0 heterocycles. The molecule has 0 atom stereocenters. The van der Waals surface area contributed by atoms with Gasteiger partial charge in [0, 0.05) is 5.41 Å². The summed E-state index contributed by atoms with van der Waals surface area (Å²) in [6.07, 6.45) is 0. The van der Waals surface area contributed by atoms with Crippen molar-refractivity contribution in [3.8, 4) is 5.75 Å². The molecule has 0 unspecified atom stereocenters. The summed E-state index contributed by atoms with van der Waals surface area (Å²) in [6, 6.07) is 6.05. The third kappa shape index (κ3) is 3.35. The van der Waals surface area contributed by atoms with E-state index in [1.54, 1.807) is 32.9 Å². The van der Waals surface area contributed by atoms with Crippen molar-refractivity contribution in [1.82, 2.24) is 0 Å². The number of Topliss-reactive ketones (excluding diaryl/α,β-unsaturated/α-hetero) is 1. The Morgan fingerprint density at radius 2 is 1.93 bits per heavy atom. The van der Waals surface area contributed by atoms with Crippen LogP contribution in [-0.4, -0.2) is 12.4 Å². The molecule has 15 heavy (non-hydrogen) atoms. The number of para-hydroxylation sites is 1. The SMILES string of the molecule is CC(C)(C)C(=O)COc1ccccc1F. The molecule has 0 saturated carbocycles. The monoisotopic (exact) mass is 210 g/mol. The second kappa shape index (κ2) is 4.43. The van der Waals surface area contributed by atoms with Gasteiger partial charge in [-0.2, -0.15) is 0 Å². The van der Waals surface area contributed by atoms with E-state index in [4.69, 9.17) is 4.74 Å². The highest BCUT2D eigenvalue weighted by Crippen LogP contribution is 2.18. The summed E-state index contributed by atoms with van der Waals surface area (Å²) in [6.45, 7) is 5.32. The third-order valence-electron chi connectivity index (χ3n) is 2.03. The molecular formula is C12H15FO2. The molecule has 0 fully saturated rings. The van der Waals surface area contributed by atoms with E-state index in [0.717, 1.165) is 0 Å². The normalized spacial score (nSPS) is 11.2. The number of hydrogen-bond acceptors (Lipinski definition) is 2. The molecule has 1 aromatic carbocycles. The number of carbonyl (C=O) groups excluding carboxylic acids is 1. The molecule has 0 radical (unpaired) electrons. The summed E-state index contributed by atoms with van der Waals surface area (Å²) >= 11 is 0. The van der Waals surface area contributed by atoms with E-state index < -0.39 is 11.2 Å². The molecule has 0 aliphatic carbocycles. The standard InChI is InChI=1S/C12H15FO2/c1-12(2,3)11(14)8-15-10-7-5-4-6-9(10)13/h4-7H,8H2,1-3H3. The van der Waals surface area contributed by atoms with Crippen molar-refractivity contribution < 1.29 is 13.9 Å². The van der Waals surface area contributed by atoms with Crippen molar-refractivity contribution in [3.05, 3.63) is 30.1 Å². The molecule has 0 N–H and O–H groups in total. The molecule has 0 bridgehead atoms. The zero-order valence-electron chi connectivity index (χ0n) is 9.21. The molecule has 0 amide bonds. The van der Waals surface area contributed by atoms with Crippen LogP contribution in [0.25, 0.3) is 0 Å². The number of rotatable bonds is 3. The van der Waals surface area contributed by atoms with Crippen molar-refractivity contribution in [2.75, 3.05) is 6.61 Å². The second-order valence-electron chi connectivity index (χ2n) is 4.39. The van der Waals surface area contributed by atoms with Gasteiger partial charge in [0.2, 0.25) is 0 Å². The number of carbonyl (C=O) groups is 1. The van der Waals surface area contributed by atoms with Gasteiger partial charge in [-0.15, -0.1) is 0 Å². The van der Waals surface area contributed by atoms with Crippen molar-refractivity contribution >= 4 is 5.78 Å². The zero-order valence-corrected chi connectivity index (χ0v) is 9.21. The summed E-state index contributed by atoms with van der Waals surface area (Å²) in [7, 11) is 0. The van der Waals surface area contributed by atoms with Crippen LogP contribution in [0.15, 0.2) is 24.3 Å². The highest BCUT2D eigenvalue weighted by molar-refractivity contribution is 5.85. The van der Waals surface area contributed by atoms with Gasteiger partial charge < -0.3 is 4.74 Å². The Morgan fingerprint density at radius 1 is 1.33 bits per heavy atom. The number of benzene rings is 1. The van der Waals surface area contributed by atoms with E-state index in [2.05, 4.69) is 0 Å². The van der Waals surface area contributed by atoms with E-state index in [0.29, 0.717) is 0 Å². The minimum Gasteiger partial charge on any atom is -0.483 e. The Kier molecular flexibility index (Phi) is 3.45. The topological polar surface area (TPSA) is 26.3 Å². The number of ketones is 1. The van der Waals surface area contributed by atoms with Crippen LogP contribution in [0, 0.1) is 11.2 Å². The highest BCUT2D eigenvalue weighted by Gasteiger charge is 2.21. The fourth-order valence-corrected chi connectivity index (χ4v) is 0.922. The Morgan fingerprint density at radius 3 is 2.47 bits per heavy atom. The molecule has 2 nitrogen and oxygen atoms in total. The van der Waals surface area contributed by atoms with Crippen LogP contribution >= 0.6 is 0 Å². The van der Waals surface area contributed by atoms with Crippen LogP contribution in [-0.2, 0) is 4.79 Å². The van der Waals surface area contributed by atoms with Crippen LogP contribution in [0.4, 0.5) is 4.39 Å². The second-order valence-corrected chi connectivity index (χ2v) is 4.39. The van der Waals surface area contributed by atoms with Crippen LogP contribution < -0.4 is 4.74 Å². The lowest BCUT2D eigenvalue weighted by Gasteiger charge is -2.16. The molecule has 0 saturated heterocycles. The number of ether oxygens (including phenoxy) is 1. The average Bonchev–Trinajstić information content (AvgIpc) is 2.14. The molecule has 3 heteroatoms. The lowest BCUT2D eigenvalue weighted by atomic mass is 9.91. The number of hydrogen-bond donors (Lipinski definition) is 0. The third-order valence-corrected chi connectivity index (χ3v) is 2.03. The van der Waals surface area contributed by atoms with Crippen molar-refractivity contribution in [3.63, 3.8) is 0 Å². The van der Waals surface area contributed by atoms with Crippen molar-refractivity contribution in [1.29, 1.82) is 0 Å². The van der Waals surface area contributed by atoms with Gasteiger partial charge in [0.05, 0.1) is 0 Å². The Bertz CT molecular complexity index is 353. The van der Waals surface area contributed by atoms with Gasteiger partial charge in [0.15, 0.2) is 17.3 Å². The van der Waals surface area contributed by atoms with Gasteiger partial charge in [0.1, 0.15) is 6.61 Å². The smallest absolute Gasteiger partial charge is 0.175 e. The van der Waals surface area contributed by atoms with Gasteiger partial charge in [-0.25, -0.2) is 4.39 Å². The van der Waals surface area contributed by atoms with E-state index in [1.165, 1.54) is 12.1 Å². The van der Waals surface area contributed by atoms with Crippen molar-refractivity contribution in [2.45, 2.75) is 20.8 Å². The minimum atomic E-state index is -0.453. The molecule has 1 aromatic rings. The first-order valence-corrected chi connectivity index (χ1v) is 4.82. The van der Waals surface area contributed by atoms with Crippen LogP contribution in [0.5, 0.6) is 5.75 Å². The summed E-state index contributed by atoms with van der Waals surface area (Å²) in [4.78, 5) is 11.5. The van der Waals surface area contributed by atoms with Gasteiger partial charge in [-0.05, 0) is 12.1 Å². The van der Waals surface area contributed by atoms with E-state index in [1.807, 2.05) is 0 Å². The fourth-order valence-electron chi connectivity index (χ4n) is 0.922. The van der Waals surface area contributed by atoms with Crippen LogP contribution in [0.3, 0.4) is 0 Å². The molecular weight excluding hydrogens is 195 g/mol. The van der Waals surface area contributed by atoms with Crippen molar-refractivity contribution in [2.24, 2.45) is 5.41 Å². The lowest BCUT2D eigenvalue weighted by Crippen LogP contribution is -2.26. The van der Waals surface area contributed by atoms with E-state index in [9.17, 15) is 9.18 Å². The molecule has 0 spiro atoms. The molecule has 0 aliphatic heterocycles. The predicted molar refractivity (Wildman–Crippen MR) is 56.4 cm³/mol. The van der Waals surface area contributed by atoms with Gasteiger partial charge in [0.25, 0.3) is 0 Å². The summed E-state index contributed by atoms with van der Waals surface area (Å²) in [5.41, 5.74) is -0.453. The maximum atomic E-state index is 13.1. The Labute approximate surface area is 89.1 Å². The average molecular weight is 210 g/mol. The lowest BCUT2D eigenvalue weighted by molar-refractivity contribution is -0.128. The maximum Gasteiger partial charge on any atom is 0.175 e. The number of halogens is 1. The molecule has 82 valence electrons. The summed E-state index contributed by atoms with van der Waals surface area (Å²) in [5.74, 6) is -0.375. The van der Waals surface area contributed by atoms with Gasteiger partial charge >= 0.3 is 0 Å². The summed E-state index contributed by atoms with van der Waals surface area (Å²) in [5, 5.41) is 0. The van der Waals surface area contributed by atoms with Gasteiger partial charge in [-0.1, -0.05) is 32.9 Å². The highest BCUT2D eigenvalue weighted by atomic mass is 19.1. The van der Waals surface area contributed by atoms with Crippen LogP contribution in [0.1, 0.15) is 20.8 Å². The summed E-state index contributed by atoms with van der Waals surface area (Å²) < 4.78 is 18.2. The molecule has 0 aliphatic rings. The first-order chi connectivity index (χ1) is 6.91. The first kappa shape index (κ1) is 11.7. The van der Waals surface area contributed by atoms with Gasteiger partial charge in [-0.3, -0.25) is 4.79 Å². The van der Waals surface area contributed by atoms with E-state index >= 15 is 0 Å². The zero-order chi connectivity index (χ0) is 11.5.